The van der Waals surface area contributed by atoms with E-state index in [1.807, 2.05) is 36.4 Å². The van der Waals surface area contributed by atoms with E-state index in [9.17, 15) is 4.79 Å². The minimum absolute atomic E-state index is 0.125. The predicted molar refractivity (Wildman–Crippen MR) is 120 cm³/mol. The minimum Gasteiger partial charge on any atom is -0.491 e. The van der Waals surface area contributed by atoms with E-state index in [-0.39, 0.29) is 5.91 Å². The number of nitrogens with zero attached hydrogens (tertiary/aromatic N) is 2. The van der Waals surface area contributed by atoms with E-state index in [0.717, 1.165) is 22.5 Å². The van der Waals surface area contributed by atoms with Gasteiger partial charge in [-0.3, -0.25) is 9.69 Å². The Morgan fingerprint density at radius 2 is 1.87 bits per heavy atom. The summed E-state index contributed by atoms with van der Waals surface area (Å²) in [6, 6.07) is 13.9. The molecule has 0 N–H and O–H groups in total. The molecule has 1 saturated heterocycles. The minimum atomic E-state index is -0.125. The third-order valence-corrected chi connectivity index (χ3v) is 6.53. The highest BCUT2D eigenvalue weighted by Crippen LogP contribution is 2.40. The van der Waals surface area contributed by atoms with Gasteiger partial charge in [-0.05, 0) is 96.2 Å². The maximum atomic E-state index is 12.9. The molecule has 156 valence electrons. The number of hydrogen-bond acceptors (Lipinski definition) is 4. The Balaban J connectivity index is 1.19. The van der Waals surface area contributed by atoms with Crippen LogP contribution >= 0.6 is 15.9 Å². The highest BCUT2D eigenvalue weighted by molar-refractivity contribution is 9.10. The zero-order chi connectivity index (χ0) is 20.5. The van der Waals surface area contributed by atoms with Gasteiger partial charge < -0.3 is 14.4 Å². The topological polar surface area (TPSA) is 42.0 Å². The Morgan fingerprint density at radius 1 is 1.07 bits per heavy atom. The second-order valence-electron chi connectivity index (χ2n) is 8.09. The maximum absolute atomic E-state index is 12.9. The summed E-state index contributed by atoms with van der Waals surface area (Å²) in [6.45, 7) is 4.45. The molecule has 5 nitrogen and oxygen atoms in total. The first-order chi connectivity index (χ1) is 14.7. The largest absolute Gasteiger partial charge is 0.491 e. The average Bonchev–Trinajstić information content (AvgIpc) is 3.50. The molecule has 0 aromatic heterocycles. The number of likely N-dealkylation sites (tertiary alicyclic amines) is 1. The smallest absolute Gasteiger partial charge is 0.294 e. The normalized spacial score (nSPS) is 18.9. The van der Waals surface area contributed by atoms with E-state index in [1.54, 1.807) is 4.90 Å². The summed E-state index contributed by atoms with van der Waals surface area (Å²) >= 11 is 3.58. The molecular formula is C24H25BrN2O3. The third-order valence-electron chi connectivity index (χ3n) is 5.91. The van der Waals surface area contributed by atoms with E-state index < -0.39 is 0 Å². The van der Waals surface area contributed by atoms with Crippen LogP contribution in [0.4, 0.5) is 5.69 Å². The molecule has 0 unspecified atom stereocenters. The number of carbonyl (C=O) groups excluding carboxylic acids is 1. The van der Waals surface area contributed by atoms with Gasteiger partial charge in [-0.1, -0.05) is 12.1 Å². The fourth-order valence-electron chi connectivity index (χ4n) is 3.80. The van der Waals surface area contributed by atoms with Crippen molar-refractivity contribution in [3.8, 4) is 11.5 Å². The fourth-order valence-corrected chi connectivity index (χ4v) is 4.28. The highest BCUT2D eigenvalue weighted by Gasteiger charge is 2.28. The molecule has 30 heavy (non-hydrogen) atoms. The molecule has 1 amide bonds. The number of ether oxygens (including phenoxy) is 2. The van der Waals surface area contributed by atoms with Gasteiger partial charge in [0.05, 0.1) is 4.47 Å². The van der Waals surface area contributed by atoms with Gasteiger partial charge in [0.2, 0.25) is 0 Å². The number of anilines is 1. The van der Waals surface area contributed by atoms with Crippen LogP contribution in [0.25, 0.3) is 0 Å². The van der Waals surface area contributed by atoms with Gasteiger partial charge in [-0.15, -0.1) is 0 Å². The Kier molecular flexibility index (Phi) is 5.52. The van der Waals surface area contributed by atoms with E-state index >= 15 is 0 Å². The lowest BCUT2D eigenvalue weighted by atomic mass is 10.1. The van der Waals surface area contributed by atoms with Crippen molar-refractivity contribution in [2.75, 3.05) is 37.7 Å². The third kappa shape index (κ3) is 4.25. The molecule has 0 bridgehead atoms. The number of halogens is 1. The van der Waals surface area contributed by atoms with Gasteiger partial charge in [0.25, 0.3) is 5.91 Å². The average molecular weight is 469 g/mol. The quantitative estimate of drug-likeness (QED) is 0.561. The van der Waals surface area contributed by atoms with Crippen LogP contribution in [-0.4, -0.2) is 43.6 Å². The lowest BCUT2D eigenvalue weighted by Crippen LogP contribution is -2.39. The number of rotatable bonds is 8. The van der Waals surface area contributed by atoms with Crippen molar-refractivity contribution >= 4 is 27.5 Å². The fraction of sp³-hybridized carbons (Fsp3) is 0.375. The summed E-state index contributed by atoms with van der Waals surface area (Å²) in [7, 11) is 0. The summed E-state index contributed by atoms with van der Waals surface area (Å²) in [5.74, 6) is 2.46. The molecule has 3 aliphatic rings. The molecule has 6 heteroatoms. The number of carbonyl (C=O) groups is 1. The standard InChI is InChI=1S/C24H25BrN2O3/c25-21-16-19(6-9-22(21)29-15-14-26-11-1-12-26)27-13-10-23(24(27)28)30-20-7-4-18(5-8-20)17-2-3-17/h4-10,16-17H,1-3,11-15H2. The molecule has 2 fully saturated rings. The van der Waals surface area contributed by atoms with Crippen LogP contribution in [0.1, 0.15) is 30.7 Å². The molecule has 1 saturated carbocycles. The molecule has 2 aromatic carbocycles. The Bertz CT molecular complexity index is 965. The first-order valence-corrected chi connectivity index (χ1v) is 11.4. The maximum Gasteiger partial charge on any atom is 0.294 e. The van der Waals surface area contributed by atoms with E-state index in [2.05, 4.69) is 33.0 Å². The van der Waals surface area contributed by atoms with Crippen LogP contribution in [0.15, 0.2) is 58.8 Å². The molecule has 0 atom stereocenters. The van der Waals surface area contributed by atoms with Crippen molar-refractivity contribution in [2.45, 2.75) is 25.2 Å². The van der Waals surface area contributed by atoms with Gasteiger partial charge in [0.1, 0.15) is 18.1 Å². The number of benzene rings is 2. The summed E-state index contributed by atoms with van der Waals surface area (Å²) in [5, 5.41) is 0. The van der Waals surface area contributed by atoms with Gasteiger partial charge in [-0.25, -0.2) is 0 Å². The summed E-state index contributed by atoms with van der Waals surface area (Å²) in [4.78, 5) is 16.9. The second kappa shape index (κ2) is 8.44. The highest BCUT2D eigenvalue weighted by atomic mass is 79.9. The van der Waals surface area contributed by atoms with Crippen molar-refractivity contribution in [3.05, 3.63) is 64.3 Å². The number of amides is 1. The summed E-state index contributed by atoms with van der Waals surface area (Å²) < 4.78 is 12.6. The monoisotopic (exact) mass is 468 g/mol. The molecule has 0 radical (unpaired) electrons. The van der Waals surface area contributed by atoms with E-state index in [0.29, 0.717) is 30.6 Å². The summed E-state index contributed by atoms with van der Waals surface area (Å²) in [5.41, 5.74) is 2.17. The predicted octanol–water partition coefficient (Wildman–Crippen LogP) is 4.72. The molecule has 2 heterocycles. The van der Waals surface area contributed by atoms with Crippen molar-refractivity contribution in [1.29, 1.82) is 0 Å². The van der Waals surface area contributed by atoms with Crippen LogP contribution in [0, 0.1) is 0 Å². The molecule has 2 aliphatic heterocycles. The lowest BCUT2D eigenvalue weighted by Gasteiger charge is -2.30. The van der Waals surface area contributed by atoms with Gasteiger partial charge >= 0.3 is 0 Å². The SMILES string of the molecule is O=C1C(Oc2ccc(C3CC3)cc2)=CCN1c1ccc(OCCN2CCC2)c(Br)c1. The van der Waals surface area contributed by atoms with Crippen LogP contribution in [0.5, 0.6) is 11.5 Å². The molecular weight excluding hydrogens is 444 g/mol. The first-order valence-electron chi connectivity index (χ1n) is 10.6. The van der Waals surface area contributed by atoms with Crippen LogP contribution in [0.3, 0.4) is 0 Å². The van der Waals surface area contributed by atoms with Gasteiger partial charge in [-0.2, -0.15) is 0 Å². The lowest BCUT2D eigenvalue weighted by molar-refractivity contribution is -0.116. The van der Waals surface area contributed by atoms with Crippen molar-refractivity contribution in [2.24, 2.45) is 0 Å². The van der Waals surface area contributed by atoms with Gasteiger partial charge in [0, 0.05) is 18.8 Å². The van der Waals surface area contributed by atoms with Crippen LogP contribution in [0.2, 0.25) is 0 Å². The number of hydrogen-bond donors (Lipinski definition) is 0. The molecule has 0 spiro atoms. The van der Waals surface area contributed by atoms with Crippen molar-refractivity contribution < 1.29 is 14.3 Å². The zero-order valence-electron chi connectivity index (χ0n) is 16.9. The van der Waals surface area contributed by atoms with Crippen molar-refractivity contribution in [1.82, 2.24) is 4.90 Å². The van der Waals surface area contributed by atoms with Gasteiger partial charge in [0.15, 0.2) is 5.76 Å². The zero-order valence-corrected chi connectivity index (χ0v) is 18.4. The van der Waals surface area contributed by atoms with Crippen LogP contribution in [-0.2, 0) is 4.79 Å². The Morgan fingerprint density at radius 3 is 2.53 bits per heavy atom. The van der Waals surface area contributed by atoms with Crippen molar-refractivity contribution in [3.63, 3.8) is 0 Å². The Labute approximate surface area is 185 Å². The second-order valence-corrected chi connectivity index (χ2v) is 8.94. The molecule has 1 aliphatic carbocycles. The Hall–Kier alpha value is -2.31. The van der Waals surface area contributed by atoms with E-state index in [4.69, 9.17) is 9.47 Å². The summed E-state index contributed by atoms with van der Waals surface area (Å²) in [6.07, 6.45) is 5.67. The molecule has 5 rings (SSSR count). The first kappa shape index (κ1) is 19.6. The van der Waals surface area contributed by atoms with Crippen LogP contribution < -0.4 is 14.4 Å². The molecule has 2 aromatic rings. The van der Waals surface area contributed by atoms with E-state index in [1.165, 1.54) is 37.9 Å².